The summed E-state index contributed by atoms with van der Waals surface area (Å²) in [6.45, 7) is 0. The van der Waals surface area contributed by atoms with Crippen LogP contribution in [0.25, 0.3) is 0 Å². The number of nitrogens with one attached hydrogen (secondary N) is 1. The molecule has 0 radical (unpaired) electrons. The minimum Gasteiger partial charge on any atom is -0.399 e. The predicted molar refractivity (Wildman–Crippen MR) is 82.3 cm³/mol. The molecule has 3 nitrogen and oxygen atoms in total. The lowest BCUT2D eigenvalue weighted by atomic mass is 10.1. The zero-order valence-corrected chi connectivity index (χ0v) is 12.3. The van der Waals surface area contributed by atoms with Gasteiger partial charge in [-0.3, -0.25) is 4.79 Å². The van der Waals surface area contributed by atoms with E-state index in [0.717, 1.165) is 10.0 Å². The van der Waals surface area contributed by atoms with Crippen molar-refractivity contribution in [1.82, 2.24) is 0 Å². The summed E-state index contributed by atoms with van der Waals surface area (Å²) in [4.78, 5) is 11.9. The molecule has 0 bridgehead atoms. The van der Waals surface area contributed by atoms with Gasteiger partial charge in [0.1, 0.15) is 0 Å². The van der Waals surface area contributed by atoms with Gasteiger partial charge in [0, 0.05) is 10.2 Å². The molecule has 2 aromatic carbocycles. The van der Waals surface area contributed by atoms with E-state index < -0.39 is 0 Å². The fourth-order valence-corrected chi connectivity index (χ4v) is 2.13. The van der Waals surface area contributed by atoms with Crippen LogP contribution in [0.4, 0.5) is 11.4 Å². The van der Waals surface area contributed by atoms with E-state index in [-0.39, 0.29) is 12.3 Å². The maximum absolute atomic E-state index is 11.9. The van der Waals surface area contributed by atoms with Crippen molar-refractivity contribution in [2.75, 3.05) is 11.1 Å². The van der Waals surface area contributed by atoms with Gasteiger partial charge >= 0.3 is 0 Å². The molecule has 0 spiro atoms. The Morgan fingerprint density at radius 2 is 1.89 bits per heavy atom. The van der Waals surface area contributed by atoms with Crippen LogP contribution >= 0.6 is 27.5 Å². The quantitative estimate of drug-likeness (QED) is 0.834. The van der Waals surface area contributed by atoms with E-state index in [2.05, 4.69) is 21.2 Å². The fourth-order valence-electron chi connectivity index (χ4n) is 1.61. The molecular formula is C14H12BrClN2O. The Morgan fingerprint density at radius 3 is 2.58 bits per heavy atom. The van der Waals surface area contributed by atoms with Gasteiger partial charge in [-0.2, -0.15) is 0 Å². The molecule has 0 aromatic heterocycles. The monoisotopic (exact) mass is 338 g/mol. The maximum atomic E-state index is 11.9. The smallest absolute Gasteiger partial charge is 0.228 e. The van der Waals surface area contributed by atoms with Gasteiger partial charge in [0.25, 0.3) is 0 Å². The normalized spacial score (nSPS) is 10.2. The molecule has 98 valence electrons. The molecule has 0 saturated heterocycles. The third-order valence-corrected chi connectivity index (χ3v) is 3.37. The summed E-state index contributed by atoms with van der Waals surface area (Å²) in [6.07, 6.45) is 0.281. The molecule has 5 heteroatoms. The van der Waals surface area contributed by atoms with Gasteiger partial charge < -0.3 is 11.1 Å². The standard InChI is InChI=1S/C14H12BrClN2O/c15-10-3-6-12(16)13(8-10)18-14(19)7-9-1-4-11(17)5-2-9/h1-6,8H,7,17H2,(H,18,19). The first-order valence-corrected chi connectivity index (χ1v) is 6.81. The molecule has 0 fully saturated rings. The molecule has 19 heavy (non-hydrogen) atoms. The summed E-state index contributed by atoms with van der Waals surface area (Å²) in [5, 5.41) is 3.29. The number of amides is 1. The number of carbonyl (C=O) groups excluding carboxylic acids is 1. The predicted octanol–water partition coefficient (Wildman–Crippen LogP) is 3.87. The Morgan fingerprint density at radius 1 is 1.21 bits per heavy atom. The van der Waals surface area contributed by atoms with Crippen LogP contribution in [0.3, 0.4) is 0 Å². The highest BCUT2D eigenvalue weighted by Crippen LogP contribution is 2.25. The van der Waals surface area contributed by atoms with Crippen molar-refractivity contribution in [2.24, 2.45) is 0 Å². The molecule has 2 aromatic rings. The van der Waals surface area contributed by atoms with Gasteiger partial charge in [0.2, 0.25) is 5.91 Å². The summed E-state index contributed by atoms with van der Waals surface area (Å²) in [5.74, 6) is -0.121. The third kappa shape index (κ3) is 3.98. The molecule has 0 aliphatic rings. The lowest BCUT2D eigenvalue weighted by Crippen LogP contribution is -2.14. The van der Waals surface area contributed by atoms with E-state index >= 15 is 0 Å². The second-order valence-electron chi connectivity index (χ2n) is 4.09. The Bertz CT molecular complexity index is 599. The highest BCUT2D eigenvalue weighted by Gasteiger charge is 2.07. The summed E-state index contributed by atoms with van der Waals surface area (Å²) < 4.78 is 0.861. The van der Waals surface area contributed by atoms with E-state index in [1.807, 2.05) is 18.2 Å². The van der Waals surface area contributed by atoms with Gasteiger partial charge in [0.15, 0.2) is 0 Å². The van der Waals surface area contributed by atoms with Crippen LogP contribution in [0.1, 0.15) is 5.56 Å². The largest absolute Gasteiger partial charge is 0.399 e. The Kier molecular flexibility index (Phi) is 4.45. The van der Waals surface area contributed by atoms with E-state index in [0.29, 0.717) is 16.4 Å². The SMILES string of the molecule is Nc1ccc(CC(=O)Nc2cc(Br)ccc2Cl)cc1. The average molecular weight is 340 g/mol. The summed E-state index contributed by atoms with van der Waals surface area (Å²) >= 11 is 9.35. The van der Waals surface area contributed by atoms with Crippen LogP contribution < -0.4 is 11.1 Å². The van der Waals surface area contributed by atoms with Gasteiger partial charge in [0.05, 0.1) is 17.1 Å². The van der Waals surface area contributed by atoms with Crippen molar-refractivity contribution < 1.29 is 4.79 Å². The van der Waals surface area contributed by atoms with Gasteiger partial charge in [-0.1, -0.05) is 39.7 Å². The topological polar surface area (TPSA) is 55.1 Å². The van der Waals surface area contributed by atoms with Crippen molar-refractivity contribution in [1.29, 1.82) is 0 Å². The Hall–Kier alpha value is -1.52. The molecular weight excluding hydrogens is 328 g/mol. The minimum atomic E-state index is -0.121. The molecule has 1 amide bonds. The summed E-state index contributed by atoms with van der Waals surface area (Å²) in [7, 11) is 0. The van der Waals surface area contributed by atoms with Crippen molar-refractivity contribution in [3.05, 3.63) is 57.5 Å². The maximum Gasteiger partial charge on any atom is 0.228 e. The van der Waals surface area contributed by atoms with Gasteiger partial charge in [-0.25, -0.2) is 0 Å². The highest BCUT2D eigenvalue weighted by molar-refractivity contribution is 9.10. The molecule has 0 heterocycles. The van der Waals surface area contributed by atoms with Crippen molar-refractivity contribution >= 4 is 44.8 Å². The molecule has 3 N–H and O–H groups in total. The van der Waals surface area contributed by atoms with E-state index in [9.17, 15) is 4.79 Å². The van der Waals surface area contributed by atoms with E-state index in [1.54, 1.807) is 24.3 Å². The molecule has 0 saturated carbocycles. The van der Waals surface area contributed by atoms with Crippen LogP contribution in [-0.4, -0.2) is 5.91 Å². The number of carbonyl (C=O) groups is 1. The fraction of sp³-hybridized carbons (Fsp3) is 0.0714. The van der Waals surface area contributed by atoms with E-state index in [1.165, 1.54) is 0 Å². The number of nitrogens with two attached hydrogens (primary N) is 1. The first-order chi connectivity index (χ1) is 9.04. The number of benzene rings is 2. The number of rotatable bonds is 3. The Labute approximate surface area is 124 Å². The van der Waals surface area contributed by atoms with Crippen molar-refractivity contribution in [2.45, 2.75) is 6.42 Å². The number of halogens is 2. The highest BCUT2D eigenvalue weighted by atomic mass is 79.9. The van der Waals surface area contributed by atoms with Crippen LogP contribution in [0.2, 0.25) is 5.02 Å². The Balaban J connectivity index is 2.05. The molecule has 0 aliphatic heterocycles. The van der Waals surface area contributed by atoms with Crippen molar-refractivity contribution in [3.63, 3.8) is 0 Å². The molecule has 2 rings (SSSR count). The summed E-state index contributed by atoms with van der Waals surface area (Å²) in [6, 6.07) is 12.5. The average Bonchev–Trinajstić information content (AvgIpc) is 2.37. The second-order valence-corrected chi connectivity index (χ2v) is 5.41. The van der Waals surface area contributed by atoms with E-state index in [4.69, 9.17) is 17.3 Å². The number of hydrogen-bond acceptors (Lipinski definition) is 2. The zero-order valence-electron chi connectivity index (χ0n) is 9.99. The lowest BCUT2D eigenvalue weighted by Gasteiger charge is -2.08. The van der Waals surface area contributed by atoms with Crippen molar-refractivity contribution in [3.8, 4) is 0 Å². The zero-order chi connectivity index (χ0) is 13.8. The number of hydrogen-bond donors (Lipinski definition) is 2. The molecule has 0 atom stereocenters. The second kappa shape index (κ2) is 6.08. The molecule has 0 unspecified atom stereocenters. The molecule has 0 aliphatic carbocycles. The first kappa shape index (κ1) is 13.9. The number of anilines is 2. The van der Waals surface area contributed by atoms with Crippen LogP contribution in [-0.2, 0) is 11.2 Å². The minimum absolute atomic E-state index is 0.121. The van der Waals surface area contributed by atoms with Crippen LogP contribution in [0.5, 0.6) is 0 Å². The lowest BCUT2D eigenvalue weighted by molar-refractivity contribution is -0.115. The van der Waals surface area contributed by atoms with Gasteiger partial charge in [-0.05, 0) is 35.9 Å². The van der Waals surface area contributed by atoms with Crippen LogP contribution in [0.15, 0.2) is 46.9 Å². The first-order valence-electron chi connectivity index (χ1n) is 5.64. The third-order valence-electron chi connectivity index (χ3n) is 2.55. The number of nitrogen functional groups attached to an aromatic ring is 1. The summed E-state index contributed by atoms with van der Waals surface area (Å²) in [5.41, 5.74) is 7.77. The van der Waals surface area contributed by atoms with Gasteiger partial charge in [-0.15, -0.1) is 0 Å². The van der Waals surface area contributed by atoms with Crippen LogP contribution in [0, 0.1) is 0 Å².